The quantitative estimate of drug-likeness (QED) is 0.691. The maximum absolute atomic E-state index is 11.9. The summed E-state index contributed by atoms with van der Waals surface area (Å²) in [7, 11) is 1.37. The zero-order chi connectivity index (χ0) is 16.7. The van der Waals surface area contributed by atoms with E-state index in [9.17, 15) is 9.59 Å². The van der Waals surface area contributed by atoms with Gasteiger partial charge < -0.3 is 20.1 Å². The summed E-state index contributed by atoms with van der Waals surface area (Å²) >= 11 is 0. The Hall–Kier alpha value is -2.08. The van der Waals surface area contributed by atoms with Gasteiger partial charge in [-0.2, -0.15) is 0 Å². The molecule has 0 radical (unpaired) electrons. The first-order valence-corrected chi connectivity index (χ1v) is 7.92. The molecule has 0 aliphatic carbocycles. The summed E-state index contributed by atoms with van der Waals surface area (Å²) in [5.74, 6) is 0.0978. The Morgan fingerprint density at radius 3 is 2.52 bits per heavy atom. The number of amides is 1. The molecule has 1 aromatic carbocycles. The van der Waals surface area contributed by atoms with Gasteiger partial charge in [0.25, 0.3) is 0 Å². The molecule has 126 valence electrons. The van der Waals surface area contributed by atoms with Crippen LogP contribution in [0.5, 0.6) is 5.75 Å². The molecule has 1 aromatic rings. The van der Waals surface area contributed by atoms with Crippen molar-refractivity contribution in [3.63, 3.8) is 0 Å². The fraction of sp³-hybridized carbons (Fsp3) is 0.529. The fourth-order valence-electron chi connectivity index (χ4n) is 2.42. The molecule has 0 spiro atoms. The van der Waals surface area contributed by atoms with Crippen molar-refractivity contribution in [2.24, 2.45) is 11.8 Å². The number of carbonyl (C=O) groups excluding carboxylic acids is 2. The molecule has 1 amide bonds. The second-order valence-electron chi connectivity index (χ2n) is 5.60. The summed E-state index contributed by atoms with van der Waals surface area (Å²) in [5.41, 5.74) is 1.00. The standard InChI is InChI=1S/C17H24N2O4/c1-3-23-15-6-4-12(5-7-15)8-13(17(21)22-2)11-19-16(20)14-9-18-10-14/h4-7,13-14,18H,3,8-11H2,1-2H3,(H,19,20). The molecule has 6 nitrogen and oxygen atoms in total. The van der Waals surface area contributed by atoms with Crippen molar-refractivity contribution in [2.75, 3.05) is 33.4 Å². The summed E-state index contributed by atoms with van der Waals surface area (Å²) in [6.07, 6.45) is 0.516. The van der Waals surface area contributed by atoms with Gasteiger partial charge in [-0.05, 0) is 31.0 Å². The van der Waals surface area contributed by atoms with Crippen LogP contribution >= 0.6 is 0 Å². The SMILES string of the molecule is CCOc1ccc(CC(CNC(=O)C2CNC2)C(=O)OC)cc1. The first kappa shape index (κ1) is 17.3. The molecule has 2 rings (SSSR count). The Labute approximate surface area is 136 Å². The molecular formula is C17H24N2O4. The Kier molecular flexibility index (Phi) is 6.40. The minimum atomic E-state index is -0.394. The average molecular weight is 320 g/mol. The van der Waals surface area contributed by atoms with Gasteiger partial charge in [0.2, 0.25) is 5.91 Å². The van der Waals surface area contributed by atoms with Crippen LogP contribution < -0.4 is 15.4 Å². The van der Waals surface area contributed by atoms with Gasteiger partial charge in [-0.15, -0.1) is 0 Å². The molecule has 1 heterocycles. The molecule has 1 unspecified atom stereocenters. The van der Waals surface area contributed by atoms with Crippen molar-refractivity contribution in [3.05, 3.63) is 29.8 Å². The van der Waals surface area contributed by atoms with E-state index in [1.807, 2.05) is 31.2 Å². The van der Waals surface area contributed by atoms with Gasteiger partial charge in [-0.3, -0.25) is 9.59 Å². The summed E-state index contributed by atoms with van der Waals surface area (Å²) < 4.78 is 10.3. The lowest BCUT2D eigenvalue weighted by molar-refractivity contribution is -0.145. The zero-order valence-electron chi connectivity index (χ0n) is 13.6. The van der Waals surface area contributed by atoms with Gasteiger partial charge in [-0.1, -0.05) is 12.1 Å². The van der Waals surface area contributed by atoms with Gasteiger partial charge in [0.1, 0.15) is 5.75 Å². The van der Waals surface area contributed by atoms with Crippen LogP contribution in [0.2, 0.25) is 0 Å². The minimum absolute atomic E-state index is 0.00986. The van der Waals surface area contributed by atoms with Crippen molar-refractivity contribution >= 4 is 11.9 Å². The summed E-state index contributed by atoms with van der Waals surface area (Å²) in [6, 6.07) is 7.62. The van der Waals surface area contributed by atoms with Gasteiger partial charge in [-0.25, -0.2) is 0 Å². The van der Waals surface area contributed by atoms with Crippen LogP contribution in [0.4, 0.5) is 0 Å². The number of hydrogen-bond donors (Lipinski definition) is 2. The third-order valence-electron chi connectivity index (χ3n) is 3.93. The highest BCUT2D eigenvalue weighted by atomic mass is 16.5. The van der Waals surface area contributed by atoms with E-state index in [1.165, 1.54) is 7.11 Å². The minimum Gasteiger partial charge on any atom is -0.494 e. The van der Waals surface area contributed by atoms with E-state index in [1.54, 1.807) is 0 Å². The molecule has 0 aromatic heterocycles. The summed E-state index contributed by atoms with van der Waals surface area (Å²) in [6.45, 7) is 4.24. The highest BCUT2D eigenvalue weighted by Gasteiger charge is 2.27. The van der Waals surface area contributed by atoms with Gasteiger partial charge in [0.15, 0.2) is 0 Å². The normalized spacial score (nSPS) is 15.4. The second-order valence-corrected chi connectivity index (χ2v) is 5.60. The lowest BCUT2D eigenvalue weighted by Crippen LogP contribution is -2.51. The van der Waals surface area contributed by atoms with Crippen molar-refractivity contribution in [2.45, 2.75) is 13.3 Å². The number of carbonyl (C=O) groups is 2. The van der Waals surface area contributed by atoms with Crippen LogP contribution in [-0.4, -0.2) is 45.2 Å². The molecule has 23 heavy (non-hydrogen) atoms. The third kappa shape index (κ3) is 4.96. The highest BCUT2D eigenvalue weighted by Crippen LogP contribution is 2.16. The molecule has 1 saturated heterocycles. The highest BCUT2D eigenvalue weighted by molar-refractivity contribution is 5.81. The van der Waals surface area contributed by atoms with E-state index < -0.39 is 5.92 Å². The van der Waals surface area contributed by atoms with E-state index in [2.05, 4.69) is 10.6 Å². The van der Waals surface area contributed by atoms with Crippen molar-refractivity contribution in [3.8, 4) is 5.75 Å². The predicted octanol–water partition coefficient (Wildman–Crippen LogP) is 0.753. The van der Waals surface area contributed by atoms with Crippen LogP contribution in [0.15, 0.2) is 24.3 Å². The first-order valence-electron chi connectivity index (χ1n) is 7.92. The Balaban J connectivity index is 1.91. The number of benzene rings is 1. The lowest BCUT2D eigenvalue weighted by Gasteiger charge is -2.26. The van der Waals surface area contributed by atoms with E-state index in [0.717, 1.165) is 11.3 Å². The molecule has 2 N–H and O–H groups in total. The molecule has 6 heteroatoms. The fourth-order valence-corrected chi connectivity index (χ4v) is 2.42. The Bertz CT molecular complexity index is 526. The van der Waals surface area contributed by atoms with Crippen LogP contribution in [0.25, 0.3) is 0 Å². The summed E-state index contributed by atoms with van der Waals surface area (Å²) in [5, 5.41) is 5.90. The maximum atomic E-state index is 11.9. The first-order chi connectivity index (χ1) is 11.1. The van der Waals surface area contributed by atoms with Crippen LogP contribution in [0.1, 0.15) is 12.5 Å². The number of ether oxygens (including phenoxy) is 2. The maximum Gasteiger partial charge on any atom is 0.310 e. The average Bonchev–Trinajstić information content (AvgIpc) is 2.51. The van der Waals surface area contributed by atoms with Crippen molar-refractivity contribution in [1.29, 1.82) is 0 Å². The topological polar surface area (TPSA) is 76.7 Å². The molecule has 1 atom stereocenters. The molecule has 1 fully saturated rings. The third-order valence-corrected chi connectivity index (χ3v) is 3.93. The van der Waals surface area contributed by atoms with E-state index in [4.69, 9.17) is 9.47 Å². The van der Waals surface area contributed by atoms with Crippen molar-refractivity contribution < 1.29 is 19.1 Å². The molecule has 1 aliphatic heterocycles. The van der Waals surface area contributed by atoms with Gasteiger partial charge in [0.05, 0.1) is 25.6 Å². The number of hydrogen-bond acceptors (Lipinski definition) is 5. The second kappa shape index (κ2) is 8.53. The summed E-state index contributed by atoms with van der Waals surface area (Å²) in [4.78, 5) is 23.8. The van der Waals surface area contributed by atoms with Crippen LogP contribution in [-0.2, 0) is 20.7 Å². The molecule has 0 bridgehead atoms. The van der Waals surface area contributed by atoms with Crippen LogP contribution in [0.3, 0.4) is 0 Å². The Morgan fingerprint density at radius 1 is 1.30 bits per heavy atom. The molecule has 1 aliphatic rings. The van der Waals surface area contributed by atoms with Crippen molar-refractivity contribution in [1.82, 2.24) is 10.6 Å². The van der Waals surface area contributed by atoms with Gasteiger partial charge in [0, 0.05) is 19.6 Å². The smallest absolute Gasteiger partial charge is 0.310 e. The number of nitrogens with one attached hydrogen (secondary N) is 2. The van der Waals surface area contributed by atoms with Crippen LogP contribution in [0, 0.1) is 11.8 Å². The van der Waals surface area contributed by atoms with E-state index >= 15 is 0 Å². The number of esters is 1. The monoisotopic (exact) mass is 320 g/mol. The predicted molar refractivity (Wildman–Crippen MR) is 86.2 cm³/mol. The lowest BCUT2D eigenvalue weighted by atomic mass is 9.98. The largest absolute Gasteiger partial charge is 0.494 e. The number of methoxy groups -OCH3 is 1. The number of rotatable bonds is 8. The van der Waals surface area contributed by atoms with E-state index in [0.29, 0.717) is 26.1 Å². The van der Waals surface area contributed by atoms with E-state index in [-0.39, 0.29) is 24.3 Å². The molecule has 0 saturated carbocycles. The Morgan fingerprint density at radius 2 is 2.00 bits per heavy atom. The zero-order valence-corrected chi connectivity index (χ0v) is 13.6. The van der Waals surface area contributed by atoms with Gasteiger partial charge >= 0.3 is 5.97 Å². The molecular weight excluding hydrogens is 296 g/mol.